The number of oxazole rings is 1. The number of hydrogen-bond acceptors (Lipinski definition) is 4. The van der Waals surface area contributed by atoms with Crippen LogP contribution in [0.25, 0.3) is 11.5 Å². The highest BCUT2D eigenvalue weighted by atomic mass is 79.9. The predicted molar refractivity (Wildman–Crippen MR) is 105 cm³/mol. The van der Waals surface area contributed by atoms with E-state index in [0.29, 0.717) is 37.0 Å². The minimum absolute atomic E-state index is 0.121. The van der Waals surface area contributed by atoms with Gasteiger partial charge in [-0.2, -0.15) is 0 Å². The van der Waals surface area contributed by atoms with E-state index in [0.717, 1.165) is 15.6 Å². The summed E-state index contributed by atoms with van der Waals surface area (Å²) in [5.41, 5.74) is 2.28. The van der Waals surface area contributed by atoms with Crippen LogP contribution in [0.2, 0.25) is 0 Å². The standard InChI is InChI=1S/C21H19BrN2O3/c1-14-19(23-20(27-14)16-5-3-2-4-6-16)21(25)24-11-12-26-18(13-24)15-7-9-17(22)10-8-15/h2-10,18H,11-13H2,1H3. The number of carbonyl (C=O) groups is 1. The van der Waals surface area contributed by atoms with Gasteiger partial charge in [-0.15, -0.1) is 0 Å². The van der Waals surface area contributed by atoms with Crippen molar-refractivity contribution >= 4 is 21.8 Å². The van der Waals surface area contributed by atoms with Gasteiger partial charge in [0.2, 0.25) is 5.89 Å². The fourth-order valence-corrected chi connectivity index (χ4v) is 3.43. The summed E-state index contributed by atoms with van der Waals surface area (Å²) in [6, 6.07) is 17.6. The molecule has 0 bridgehead atoms. The van der Waals surface area contributed by atoms with Gasteiger partial charge in [0.1, 0.15) is 11.9 Å². The zero-order valence-electron chi connectivity index (χ0n) is 14.9. The summed E-state index contributed by atoms with van der Waals surface area (Å²) in [6.07, 6.45) is -0.142. The first-order chi connectivity index (χ1) is 13.1. The number of rotatable bonds is 3. The van der Waals surface area contributed by atoms with Crippen LogP contribution in [-0.4, -0.2) is 35.5 Å². The Labute approximate surface area is 166 Å². The van der Waals surface area contributed by atoms with E-state index in [1.807, 2.05) is 54.6 Å². The fourth-order valence-electron chi connectivity index (χ4n) is 3.16. The first-order valence-electron chi connectivity index (χ1n) is 8.81. The van der Waals surface area contributed by atoms with Crippen LogP contribution in [0, 0.1) is 6.92 Å². The number of aromatic nitrogens is 1. The number of aryl methyl sites for hydroxylation is 1. The lowest BCUT2D eigenvalue weighted by Gasteiger charge is -2.32. The quantitative estimate of drug-likeness (QED) is 0.612. The molecular formula is C21H19BrN2O3. The van der Waals surface area contributed by atoms with Gasteiger partial charge in [0.25, 0.3) is 5.91 Å². The summed E-state index contributed by atoms with van der Waals surface area (Å²) >= 11 is 3.44. The number of nitrogens with zero attached hydrogens (tertiary/aromatic N) is 2. The Bertz CT molecular complexity index is 938. The molecule has 5 nitrogen and oxygen atoms in total. The largest absolute Gasteiger partial charge is 0.441 e. The van der Waals surface area contributed by atoms with Crippen molar-refractivity contribution in [1.82, 2.24) is 9.88 Å². The number of benzene rings is 2. The first-order valence-corrected chi connectivity index (χ1v) is 9.60. The van der Waals surface area contributed by atoms with Crippen molar-refractivity contribution in [2.45, 2.75) is 13.0 Å². The highest BCUT2D eigenvalue weighted by molar-refractivity contribution is 9.10. The second-order valence-corrected chi connectivity index (χ2v) is 7.37. The average Bonchev–Trinajstić information content (AvgIpc) is 3.10. The van der Waals surface area contributed by atoms with Crippen molar-refractivity contribution in [2.24, 2.45) is 0 Å². The minimum Gasteiger partial charge on any atom is -0.441 e. The van der Waals surface area contributed by atoms with Crippen molar-refractivity contribution in [3.63, 3.8) is 0 Å². The molecule has 1 saturated heterocycles. The molecule has 1 aromatic heterocycles. The van der Waals surface area contributed by atoms with E-state index < -0.39 is 0 Å². The molecule has 0 aliphatic carbocycles. The lowest BCUT2D eigenvalue weighted by atomic mass is 10.1. The van der Waals surface area contributed by atoms with Crippen LogP contribution in [0.3, 0.4) is 0 Å². The summed E-state index contributed by atoms with van der Waals surface area (Å²) < 4.78 is 12.6. The summed E-state index contributed by atoms with van der Waals surface area (Å²) in [5.74, 6) is 0.878. The summed E-state index contributed by atoms with van der Waals surface area (Å²) in [4.78, 5) is 19.3. The van der Waals surface area contributed by atoms with Gasteiger partial charge in [-0.05, 0) is 36.8 Å². The van der Waals surface area contributed by atoms with E-state index in [1.54, 1.807) is 11.8 Å². The van der Waals surface area contributed by atoms with E-state index in [-0.39, 0.29) is 12.0 Å². The molecule has 1 atom stereocenters. The predicted octanol–water partition coefficient (Wildman–Crippen LogP) is 4.63. The van der Waals surface area contributed by atoms with Crippen LogP contribution in [0.15, 0.2) is 63.5 Å². The molecule has 0 N–H and O–H groups in total. The number of carbonyl (C=O) groups excluding carboxylic acids is 1. The maximum atomic E-state index is 13.0. The zero-order valence-corrected chi connectivity index (χ0v) is 16.5. The lowest BCUT2D eigenvalue weighted by Crippen LogP contribution is -2.42. The molecule has 138 valence electrons. The Morgan fingerprint density at radius 1 is 1.15 bits per heavy atom. The second-order valence-electron chi connectivity index (χ2n) is 6.45. The molecule has 1 unspecified atom stereocenters. The van der Waals surface area contributed by atoms with Gasteiger partial charge in [-0.3, -0.25) is 4.79 Å². The van der Waals surface area contributed by atoms with Crippen LogP contribution >= 0.6 is 15.9 Å². The minimum atomic E-state index is -0.142. The lowest BCUT2D eigenvalue weighted by molar-refractivity contribution is -0.0230. The zero-order chi connectivity index (χ0) is 18.8. The molecule has 2 heterocycles. The van der Waals surface area contributed by atoms with Gasteiger partial charge in [-0.25, -0.2) is 4.98 Å². The van der Waals surface area contributed by atoms with E-state index in [9.17, 15) is 4.79 Å². The summed E-state index contributed by atoms with van der Waals surface area (Å²) in [5, 5.41) is 0. The van der Waals surface area contributed by atoms with Crippen molar-refractivity contribution in [3.05, 3.63) is 76.1 Å². The molecule has 27 heavy (non-hydrogen) atoms. The Morgan fingerprint density at radius 3 is 2.63 bits per heavy atom. The molecule has 4 rings (SSSR count). The molecule has 0 radical (unpaired) electrons. The van der Waals surface area contributed by atoms with Crippen LogP contribution in [-0.2, 0) is 4.74 Å². The number of amides is 1. The summed E-state index contributed by atoms with van der Waals surface area (Å²) in [7, 11) is 0. The topological polar surface area (TPSA) is 55.6 Å². The fraction of sp³-hybridized carbons (Fsp3) is 0.238. The highest BCUT2D eigenvalue weighted by Crippen LogP contribution is 2.26. The van der Waals surface area contributed by atoms with Crippen LogP contribution < -0.4 is 0 Å². The normalized spacial score (nSPS) is 17.1. The molecule has 0 saturated carbocycles. The Morgan fingerprint density at radius 2 is 1.89 bits per heavy atom. The van der Waals surface area contributed by atoms with Crippen molar-refractivity contribution in [2.75, 3.05) is 19.7 Å². The van der Waals surface area contributed by atoms with Gasteiger partial charge in [0.15, 0.2) is 5.69 Å². The smallest absolute Gasteiger partial charge is 0.276 e. The monoisotopic (exact) mass is 426 g/mol. The number of hydrogen-bond donors (Lipinski definition) is 0. The number of ether oxygens (including phenoxy) is 1. The molecule has 2 aromatic carbocycles. The molecule has 1 fully saturated rings. The van der Waals surface area contributed by atoms with Gasteiger partial charge in [-0.1, -0.05) is 46.3 Å². The molecule has 0 spiro atoms. The van der Waals surface area contributed by atoms with E-state index in [1.165, 1.54) is 0 Å². The Hall–Kier alpha value is -2.44. The highest BCUT2D eigenvalue weighted by Gasteiger charge is 2.29. The van der Waals surface area contributed by atoms with Gasteiger partial charge < -0.3 is 14.1 Å². The maximum absolute atomic E-state index is 13.0. The van der Waals surface area contributed by atoms with E-state index in [4.69, 9.17) is 9.15 Å². The van der Waals surface area contributed by atoms with Crippen molar-refractivity contribution in [3.8, 4) is 11.5 Å². The van der Waals surface area contributed by atoms with Crippen LogP contribution in [0.1, 0.15) is 27.9 Å². The third kappa shape index (κ3) is 3.82. The molecule has 1 aliphatic rings. The van der Waals surface area contributed by atoms with Gasteiger partial charge >= 0.3 is 0 Å². The van der Waals surface area contributed by atoms with Crippen molar-refractivity contribution in [1.29, 1.82) is 0 Å². The molecule has 1 aliphatic heterocycles. The van der Waals surface area contributed by atoms with E-state index >= 15 is 0 Å². The maximum Gasteiger partial charge on any atom is 0.276 e. The third-order valence-corrected chi connectivity index (χ3v) is 5.14. The van der Waals surface area contributed by atoms with Gasteiger partial charge in [0.05, 0.1) is 13.2 Å². The van der Waals surface area contributed by atoms with Gasteiger partial charge in [0, 0.05) is 16.6 Å². The van der Waals surface area contributed by atoms with E-state index in [2.05, 4.69) is 20.9 Å². The molecular weight excluding hydrogens is 408 g/mol. The third-order valence-electron chi connectivity index (χ3n) is 4.62. The second kappa shape index (κ2) is 7.66. The van der Waals surface area contributed by atoms with Crippen molar-refractivity contribution < 1.29 is 13.9 Å². The molecule has 1 amide bonds. The SMILES string of the molecule is Cc1oc(-c2ccccc2)nc1C(=O)N1CCOC(c2ccc(Br)cc2)C1. The number of halogens is 1. The Balaban J connectivity index is 1.54. The first kappa shape index (κ1) is 17.9. The Kier molecular flexibility index (Phi) is 5.09. The molecule has 3 aromatic rings. The van der Waals surface area contributed by atoms with Crippen LogP contribution in [0.4, 0.5) is 0 Å². The molecule has 6 heteroatoms. The average molecular weight is 427 g/mol. The van der Waals surface area contributed by atoms with Crippen LogP contribution in [0.5, 0.6) is 0 Å². The number of morpholine rings is 1. The summed E-state index contributed by atoms with van der Waals surface area (Å²) in [6.45, 7) is 3.31.